The Hall–Kier alpha value is -0.830. The zero-order valence-corrected chi connectivity index (χ0v) is 13.6. The summed E-state index contributed by atoms with van der Waals surface area (Å²) in [6, 6.07) is 2.51. The predicted octanol–water partition coefficient (Wildman–Crippen LogP) is 3.83. The lowest BCUT2D eigenvalue weighted by molar-refractivity contribution is 0.0192. The lowest BCUT2D eigenvalue weighted by atomic mass is 9.67. The van der Waals surface area contributed by atoms with E-state index < -0.39 is 0 Å². The summed E-state index contributed by atoms with van der Waals surface area (Å²) in [5.41, 5.74) is 1.47. The van der Waals surface area contributed by atoms with Gasteiger partial charge in [-0.25, -0.2) is 0 Å². The van der Waals surface area contributed by atoms with Gasteiger partial charge in [0.25, 0.3) is 0 Å². The van der Waals surface area contributed by atoms with E-state index in [-0.39, 0.29) is 6.10 Å². The van der Waals surface area contributed by atoms with E-state index in [1.165, 1.54) is 0 Å². The Labute approximate surface area is 123 Å². The van der Waals surface area contributed by atoms with Crippen LogP contribution in [0.15, 0.2) is 12.3 Å². The number of aliphatic hydroxyl groups excluding tert-OH is 1. The van der Waals surface area contributed by atoms with E-state index in [0.29, 0.717) is 23.3 Å². The van der Waals surface area contributed by atoms with E-state index in [1.807, 2.05) is 4.68 Å². The van der Waals surface area contributed by atoms with Crippen LogP contribution >= 0.6 is 0 Å². The van der Waals surface area contributed by atoms with Crippen LogP contribution in [-0.4, -0.2) is 21.0 Å². The third kappa shape index (κ3) is 3.63. The highest BCUT2D eigenvalue weighted by Gasteiger charge is 2.35. The lowest BCUT2D eigenvalue weighted by Crippen LogP contribution is -2.35. The van der Waals surface area contributed by atoms with E-state index in [2.05, 4.69) is 52.0 Å². The summed E-state index contributed by atoms with van der Waals surface area (Å²) in [5, 5.41) is 14.9. The maximum atomic E-state index is 10.3. The molecule has 3 unspecified atom stereocenters. The van der Waals surface area contributed by atoms with Crippen LogP contribution in [-0.2, 0) is 6.42 Å². The van der Waals surface area contributed by atoms with Crippen molar-refractivity contribution in [3.8, 4) is 0 Å². The Morgan fingerprint density at radius 3 is 2.60 bits per heavy atom. The summed E-state index contributed by atoms with van der Waals surface area (Å²) in [6.07, 6.45) is 6.03. The summed E-state index contributed by atoms with van der Waals surface area (Å²) in [6.45, 7) is 11.2. The largest absolute Gasteiger partial charge is 0.393 e. The van der Waals surface area contributed by atoms with Gasteiger partial charge in [0.1, 0.15) is 0 Å². The van der Waals surface area contributed by atoms with Gasteiger partial charge in [-0.1, -0.05) is 20.8 Å². The van der Waals surface area contributed by atoms with Crippen LogP contribution in [0, 0.1) is 17.3 Å². The van der Waals surface area contributed by atoms with Gasteiger partial charge >= 0.3 is 0 Å². The highest BCUT2D eigenvalue weighted by molar-refractivity contribution is 5.03. The Bertz CT molecular complexity index is 430. The van der Waals surface area contributed by atoms with Crippen molar-refractivity contribution in [2.75, 3.05) is 0 Å². The normalized spacial score (nSPS) is 28.1. The highest BCUT2D eigenvalue weighted by atomic mass is 16.3. The standard InChI is InChI=1S/C17H30N2O/c1-12(2)19-9-8-15(18-19)11-13-10-14(17(3,4)5)6-7-16(13)20/h8-9,12-14,16,20H,6-7,10-11H2,1-5H3. The van der Waals surface area contributed by atoms with Crippen molar-refractivity contribution >= 4 is 0 Å². The molecule has 1 fully saturated rings. The first-order valence-electron chi connectivity index (χ1n) is 7.99. The molecule has 1 heterocycles. The molecular weight excluding hydrogens is 248 g/mol. The maximum absolute atomic E-state index is 10.3. The molecule has 1 aliphatic carbocycles. The Balaban J connectivity index is 2.02. The number of hydrogen-bond donors (Lipinski definition) is 1. The van der Waals surface area contributed by atoms with Crippen molar-refractivity contribution < 1.29 is 5.11 Å². The molecule has 2 rings (SSSR count). The summed E-state index contributed by atoms with van der Waals surface area (Å²) in [5.74, 6) is 1.08. The van der Waals surface area contributed by atoms with Gasteiger partial charge in [0, 0.05) is 12.2 Å². The van der Waals surface area contributed by atoms with Crippen LogP contribution in [0.5, 0.6) is 0 Å². The zero-order valence-electron chi connectivity index (χ0n) is 13.6. The molecular formula is C17H30N2O. The quantitative estimate of drug-likeness (QED) is 0.912. The van der Waals surface area contributed by atoms with Crippen molar-refractivity contribution in [1.82, 2.24) is 9.78 Å². The molecule has 0 radical (unpaired) electrons. The summed E-state index contributed by atoms with van der Waals surface area (Å²) in [4.78, 5) is 0. The second kappa shape index (κ2) is 5.88. The van der Waals surface area contributed by atoms with Crippen LogP contribution in [0.25, 0.3) is 0 Å². The predicted molar refractivity (Wildman–Crippen MR) is 82.6 cm³/mol. The summed E-state index contributed by atoms with van der Waals surface area (Å²) >= 11 is 0. The fourth-order valence-electron chi connectivity index (χ4n) is 3.30. The smallest absolute Gasteiger partial charge is 0.0628 e. The molecule has 20 heavy (non-hydrogen) atoms. The van der Waals surface area contributed by atoms with Crippen molar-refractivity contribution in [3.05, 3.63) is 18.0 Å². The topological polar surface area (TPSA) is 38.0 Å². The van der Waals surface area contributed by atoms with E-state index in [0.717, 1.165) is 31.4 Å². The molecule has 0 saturated heterocycles. The third-order valence-electron chi connectivity index (χ3n) is 4.83. The number of rotatable bonds is 3. The van der Waals surface area contributed by atoms with Crippen LogP contribution < -0.4 is 0 Å². The molecule has 1 saturated carbocycles. The lowest BCUT2D eigenvalue weighted by Gasteiger charge is -2.40. The van der Waals surface area contributed by atoms with Crippen LogP contribution in [0.2, 0.25) is 0 Å². The Morgan fingerprint density at radius 2 is 2.05 bits per heavy atom. The minimum atomic E-state index is -0.155. The fourth-order valence-corrected chi connectivity index (χ4v) is 3.30. The Morgan fingerprint density at radius 1 is 1.35 bits per heavy atom. The van der Waals surface area contributed by atoms with Gasteiger partial charge < -0.3 is 5.11 Å². The molecule has 114 valence electrons. The van der Waals surface area contributed by atoms with Crippen molar-refractivity contribution in [3.63, 3.8) is 0 Å². The molecule has 0 bridgehead atoms. The third-order valence-corrected chi connectivity index (χ3v) is 4.83. The SMILES string of the molecule is CC(C)n1ccc(CC2CC(C(C)(C)C)CCC2O)n1. The van der Waals surface area contributed by atoms with Crippen LogP contribution in [0.4, 0.5) is 0 Å². The molecule has 3 nitrogen and oxygen atoms in total. The first kappa shape index (κ1) is 15.6. The van der Waals surface area contributed by atoms with E-state index in [4.69, 9.17) is 0 Å². The van der Waals surface area contributed by atoms with Crippen LogP contribution in [0.1, 0.15) is 65.6 Å². The summed E-state index contributed by atoms with van der Waals surface area (Å²) in [7, 11) is 0. The van der Waals surface area contributed by atoms with Gasteiger partial charge in [-0.3, -0.25) is 4.68 Å². The summed E-state index contributed by atoms with van der Waals surface area (Å²) < 4.78 is 2.01. The monoisotopic (exact) mass is 278 g/mol. The second-order valence-corrected chi connectivity index (χ2v) is 7.79. The average molecular weight is 278 g/mol. The Kier molecular flexibility index (Phi) is 4.58. The number of nitrogens with zero attached hydrogens (tertiary/aromatic N) is 2. The molecule has 1 aromatic rings. The molecule has 0 aliphatic heterocycles. The molecule has 1 aliphatic rings. The number of aromatic nitrogens is 2. The molecule has 0 aromatic carbocycles. The zero-order chi connectivity index (χ0) is 14.9. The molecule has 1 N–H and O–H groups in total. The average Bonchev–Trinajstić information content (AvgIpc) is 2.79. The van der Waals surface area contributed by atoms with Gasteiger partial charge in [-0.15, -0.1) is 0 Å². The van der Waals surface area contributed by atoms with Crippen LogP contribution in [0.3, 0.4) is 0 Å². The van der Waals surface area contributed by atoms with Gasteiger partial charge in [0.2, 0.25) is 0 Å². The second-order valence-electron chi connectivity index (χ2n) is 7.79. The van der Waals surface area contributed by atoms with Crippen molar-refractivity contribution in [2.45, 2.75) is 72.4 Å². The molecule has 0 amide bonds. The van der Waals surface area contributed by atoms with E-state index in [1.54, 1.807) is 0 Å². The van der Waals surface area contributed by atoms with Crippen molar-refractivity contribution in [1.29, 1.82) is 0 Å². The maximum Gasteiger partial charge on any atom is 0.0628 e. The molecule has 3 atom stereocenters. The first-order chi connectivity index (χ1) is 9.27. The minimum Gasteiger partial charge on any atom is -0.393 e. The highest BCUT2D eigenvalue weighted by Crippen LogP contribution is 2.41. The number of hydrogen-bond acceptors (Lipinski definition) is 2. The van der Waals surface area contributed by atoms with Gasteiger partial charge in [-0.05, 0) is 62.8 Å². The molecule has 1 aromatic heterocycles. The minimum absolute atomic E-state index is 0.155. The molecule has 0 spiro atoms. The molecule has 3 heteroatoms. The van der Waals surface area contributed by atoms with E-state index in [9.17, 15) is 5.11 Å². The van der Waals surface area contributed by atoms with Crippen molar-refractivity contribution in [2.24, 2.45) is 17.3 Å². The fraction of sp³-hybridized carbons (Fsp3) is 0.824. The first-order valence-corrected chi connectivity index (χ1v) is 7.99. The van der Waals surface area contributed by atoms with Gasteiger partial charge in [-0.2, -0.15) is 5.10 Å². The van der Waals surface area contributed by atoms with Gasteiger partial charge in [0.15, 0.2) is 0 Å². The number of aliphatic hydroxyl groups is 1. The van der Waals surface area contributed by atoms with E-state index >= 15 is 0 Å². The van der Waals surface area contributed by atoms with Gasteiger partial charge in [0.05, 0.1) is 11.8 Å².